The maximum absolute atomic E-state index is 11.3. The first kappa shape index (κ1) is 20.5. The number of ether oxygens (including phenoxy) is 1. The van der Waals surface area contributed by atoms with Crippen molar-refractivity contribution >= 4 is 21.9 Å². The molecule has 3 aromatic heterocycles. The molecule has 1 aliphatic carbocycles. The highest BCUT2D eigenvalue weighted by Gasteiger charge is 2.28. The van der Waals surface area contributed by atoms with Gasteiger partial charge in [0, 0.05) is 7.05 Å². The second kappa shape index (κ2) is 8.50. The predicted molar refractivity (Wildman–Crippen MR) is 110 cm³/mol. The molecule has 1 N–H and O–H groups in total. The Morgan fingerprint density at radius 3 is 2.90 bits per heavy atom. The summed E-state index contributed by atoms with van der Waals surface area (Å²) in [7, 11) is 1.82. The van der Waals surface area contributed by atoms with Gasteiger partial charge >= 0.3 is 5.97 Å². The lowest BCUT2D eigenvalue weighted by Crippen LogP contribution is -2.29. The Kier molecular flexibility index (Phi) is 5.80. The number of carbonyl (C=O) groups is 1. The number of nitrogens with zero attached hydrogens (tertiary/aromatic N) is 7. The highest BCUT2D eigenvalue weighted by atomic mass is 79.9. The molecule has 3 aromatic rings. The fraction of sp³-hybridized carbons (Fsp3) is 0.474. The maximum Gasteiger partial charge on any atom is 0.306 e. The molecule has 0 unspecified atom stereocenters. The van der Waals surface area contributed by atoms with Gasteiger partial charge in [-0.1, -0.05) is 5.21 Å². The van der Waals surface area contributed by atoms with Crippen LogP contribution in [0.1, 0.15) is 37.1 Å². The summed E-state index contributed by atoms with van der Waals surface area (Å²) in [6.45, 7) is 2.28. The number of carboxylic acid groups (broad SMARTS) is 1. The van der Waals surface area contributed by atoms with E-state index in [0.29, 0.717) is 41.1 Å². The Hall–Kier alpha value is -2.82. The smallest absolute Gasteiger partial charge is 0.306 e. The zero-order valence-corrected chi connectivity index (χ0v) is 18.3. The van der Waals surface area contributed by atoms with E-state index in [1.807, 2.05) is 26.1 Å². The van der Waals surface area contributed by atoms with Gasteiger partial charge < -0.3 is 9.84 Å². The molecule has 0 amide bonds. The molecule has 0 aliphatic heterocycles. The van der Waals surface area contributed by atoms with Gasteiger partial charge in [0.2, 0.25) is 0 Å². The Bertz CT molecular complexity index is 1060. The van der Waals surface area contributed by atoms with Crippen LogP contribution in [0.4, 0.5) is 0 Å². The largest absolute Gasteiger partial charge is 0.489 e. The number of hydrogen-bond acceptors (Lipinski definition) is 7. The van der Waals surface area contributed by atoms with Gasteiger partial charge in [0.1, 0.15) is 22.6 Å². The first-order valence-corrected chi connectivity index (χ1v) is 10.5. The summed E-state index contributed by atoms with van der Waals surface area (Å²) in [6.07, 6.45) is 4.46. The highest BCUT2D eigenvalue weighted by Crippen LogP contribution is 2.30. The maximum atomic E-state index is 11.3. The van der Waals surface area contributed by atoms with E-state index in [9.17, 15) is 9.90 Å². The van der Waals surface area contributed by atoms with E-state index in [-0.39, 0.29) is 12.0 Å². The molecule has 1 saturated carbocycles. The fourth-order valence-electron chi connectivity index (χ4n) is 3.70. The Balaban J connectivity index is 1.53. The van der Waals surface area contributed by atoms with E-state index >= 15 is 0 Å². The summed E-state index contributed by atoms with van der Waals surface area (Å²) < 4.78 is 8.43. The lowest BCUT2D eigenvalue weighted by atomic mass is 9.87. The van der Waals surface area contributed by atoms with Gasteiger partial charge in [0.25, 0.3) is 0 Å². The first-order valence-electron chi connectivity index (χ1n) is 9.72. The second-order valence-electron chi connectivity index (χ2n) is 7.43. The molecule has 30 heavy (non-hydrogen) atoms. The molecule has 0 aromatic carbocycles. The van der Waals surface area contributed by atoms with Crippen LogP contribution in [0.5, 0.6) is 5.75 Å². The number of hydrogen-bond donors (Lipinski definition) is 1. The first-order chi connectivity index (χ1) is 14.4. The monoisotopic (exact) mass is 475 g/mol. The molecule has 0 saturated heterocycles. The molecular weight excluding hydrogens is 454 g/mol. The summed E-state index contributed by atoms with van der Waals surface area (Å²) in [6, 6.07) is 3.71. The number of aromatic nitrogens is 7. The van der Waals surface area contributed by atoms with Gasteiger partial charge in [-0.25, -0.2) is 9.67 Å². The number of halogens is 1. The van der Waals surface area contributed by atoms with Crippen LogP contribution in [0, 0.1) is 12.8 Å². The minimum absolute atomic E-state index is 0.109. The van der Waals surface area contributed by atoms with Crippen molar-refractivity contribution in [2.24, 2.45) is 13.0 Å². The van der Waals surface area contributed by atoms with Crippen molar-refractivity contribution in [1.29, 1.82) is 0 Å². The van der Waals surface area contributed by atoms with Crippen LogP contribution in [0.25, 0.3) is 11.4 Å². The van der Waals surface area contributed by atoms with Crippen molar-refractivity contribution in [3.05, 3.63) is 34.3 Å². The van der Waals surface area contributed by atoms with Gasteiger partial charge in [-0.15, -0.1) is 10.2 Å². The number of pyridine rings is 1. The number of carboxylic acids is 1. The van der Waals surface area contributed by atoms with Crippen molar-refractivity contribution < 1.29 is 14.6 Å². The topological polar surface area (TPSA) is 121 Å². The molecule has 11 heteroatoms. The number of rotatable bonds is 6. The Morgan fingerprint density at radius 1 is 1.37 bits per heavy atom. The van der Waals surface area contributed by atoms with Crippen LogP contribution in [-0.2, 0) is 18.4 Å². The highest BCUT2D eigenvalue weighted by molar-refractivity contribution is 9.10. The van der Waals surface area contributed by atoms with Gasteiger partial charge in [-0.2, -0.15) is 9.90 Å². The van der Waals surface area contributed by atoms with Crippen molar-refractivity contribution in [1.82, 2.24) is 35.0 Å². The van der Waals surface area contributed by atoms with Crippen molar-refractivity contribution in [2.75, 3.05) is 0 Å². The van der Waals surface area contributed by atoms with Crippen LogP contribution < -0.4 is 4.74 Å². The average Bonchev–Trinajstić information content (AvgIpc) is 3.29. The standard InChI is InChI=1S/C19H22BrN7O3/c1-11-16(30-13-5-3-4-12(8-13)19(28)29)7-6-14(22-11)18-15(26(2)25-23-18)10-27-21-9-17(20)24-27/h6-7,9,12-13H,3-5,8,10H2,1-2H3,(H,28,29)/t12-,13-/m0/s1. The average molecular weight is 476 g/mol. The Labute approximate surface area is 181 Å². The normalized spacial score (nSPS) is 19.0. The molecule has 1 fully saturated rings. The zero-order valence-electron chi connectivity index (χ0n) is 16.7. The third kappa shape index (κ3) is 4.35. The van der Waals surface area contributed by atoms with E-state index in [1.165, 1.54) is 0 Å². The molecule has 10 nitrogen and oxygen atoms in total. The minimum atomic E-state index is -0.748. The van der Waals surface area contributed by atoms with Crippen molar-refractivity contribution in [3.8, 4) is 17.1 Å². The second-order valence-corrected chi connectivity index (χ2v) is 8.24. The summed E-state index contributed by atoms with van der Waals surface area (Å²) in [5.74, 6) is -0.422. The van der Waals surface area contributed by atoms with Crippen LogP contribution >= 0.6 is 15.9 Å². The van der Waals surface area contributed by atoms with E-state index in [0.717, 1.165) is 24.2 Å². The molecule has 1 aliphatic rings. The molecule has 3 heterocycles. The molecule has 2 atom stereocenters. The van der Waals surface area contributed by atoms with E-state index in [4.69, 9.17) is 4.74 Å². The molecule has 4 rings (SSSR count). The van der Waals surface area contributed by atoms with Gasteiger partial charge in [-0.05, 0) is 60.7 Å². The van der Waals surface area contributed by atoms with Crippen molar-refractivity contribution in [2.45, 2.75) is 45.3 Å². The lowest BCUT2D eigenvalue weighted by Gasteiger charge is -2.27. The number of aliphatic carboxylic acids is 1. The molecule has 0 radical (unpaired) electrons. The predicted octanol–water partition coefficient (Wildman–Crippen LogP) is 2.61. The molecule has 0 bridgehead atoms. The van der Waals surface area contributed by atoms with Crippen LogP contribution in [0.15, 0.2) is 22.9 Å². The van der Waals surface area contributed by atoms with Gasteiger partial charge in [-0.3, -0.25) is 4.79 Å². The summed E-state index contributed by atoms with van der Waals surface area (Å²) in [4.78, 5) is 17.5. The molecule has 158 valence electrons. The lowest BCUT2D eigenvalue weighted by molar-refractivity contribution is -0.143. The van der Waals surface area contributed by atoms with Gasteiger partial charge in [0.05, 0.1) is 35.3 Å². The number of aryl methyl sites for hydroxylation is 2. The van der Waals surface area contributed by atoms with Crippen LogP contribution in [-0.4, -0.2) is 52.2 Å². The van der Waals surface area contributed by atoms with E-state index < -0.39 is 5.97 Å². The fourth-order valence-corrected chi connectivity index (χ4v) is 3.97. The van der Waals surface area contributed by atoms with E-state index in [1.54, 1.807) is 15.7 Å². The summed E-state index contributed by atoms with van der Waals surface area (Å²) in [5.41, 5.74) is 2.89. The van der Waals surface area contributed by atoms with Gasteiger partial charge in [0.15, 0.2) is 0 Å². The summed E-state index contributed by atoms with van der Waals surface area (Å²) >= 11 is 3.30. The Morgan fingerprint density at radius 2 is 2.20 bits per heavy atom. The van der Waals surface area contributed by atoms with Crippen LogP contribution in [0.3, 0.4) is 0 Å². The third-order valence-electron chi connectivity index (χ3n) is 5.29. The van der Waals surface area contributed by atoms with Crippen LogP contribution in [0.2, 0.25) is 0 Å². The minimum Gasteiger partial charge on any atom is -0.489 e. The van der Waals surface area contributed by atoms with Crippen molar-refractivity contribution in [3.63, 3.8) is 0 Å². The zero-order chi connectivity index (χ0) is 21.3. The quantitative estimate of drug-likeness (QED) is 0.577. The molecule has 0 spiro atoms. The molecular formula is C19H22BrN7O3. The summed E-state index contributed by atoms with van der Waals surface area (Å²) in [5, 5.41) is 26.1. The van der Waals surface area contributed by atoms with E-state index in [2.05, 4.69) is 41.4 Å². The SMILES string of the molecule is Cc1nc(-c2nnn(C)c2Cn2ncc(Br)n2)ccc1O[C@H]1CCC[C@H](C(=O)O)C1. The third-order valence-corrected chi connectivity index (χ3v) is 5.65.